The van der Waals surface area contributed by atoms with Gasteiger partial charge in [-0.2, -0.15) is 0 Å². The lowest BCUT2D eigenvalue weighted by Crippen LogP contribution is -2.34. The second-order valence-electron chi connectivity index (χ2n) is 4.23. The van der Waals surface area contributed by atoms with Gasteiger partial charge in [0, 0.05) is 29.6 Å². The van der Waals surface area contributed by atoms with Crippen LogP contribution in [0.3, 0.4) is 0 Å². The monoisotopic (exact) mass is 287 g/mol. The Labute approximate surface area is 120 Å². The standard InChI is InChI=1S/C14H13N3O4/c15-12-4-2-1-3-11(12)13(20)17-14(21)16-8-5-9(18)7-10(19)6-8/h1-7,18-19H,15H2,(H2,16,17,20,21). The Morgan fingerprint density at radius 2 is 1.62 bits per heavy atom. The number of carbonyl (C=O) groups is 2. The number of hydrogen-bond donors (Lipinski definition) is 5. The molecule has 108 valence electrons. The van der Waals surface area contributed by atoms with Crippen LogP contribution in [-0.4, -0.2) is 22.2 Å². The van der Waals surface area contributed by atoms with Gasteiger partial charge in [0.25, 0.3) is 5.91 Å². The van der Waals surface area contributed by atoms with Gasteiger partial charge in [-0.05, 0) is 12.1 Å². The van der Waals surface area contributed by atoms with E-state index in [1.807, 2.05) is 0 Å². The minimum absolute atomic E-state index is 0.138. The van der Waals surface area contributed by atoms with E-state index in [0.717, 1.165) is 6.07 Å². The van der Waals surface area contributed by atoms with E-state index < -0.39 is 11.9 Å². The molecule has 2 rings (SSSR count). The van der Waals surface area contributed by atoms with Crippen molar-refractivity contribution < 1.29 is 19.8 Å². The van der Waals surface area contributed by atoms with Crippen molar-refractivity contribution in [2.24, 2.45) is 0 Å². The molecule has 7 heteroatoms. The molecule has 0 saturated heterocycles. The molecule has 7 nitrogen and oxygen atoms in total. The molecule has 0 radical (unpaired) electrons. The molecule has 0 aliphatic heterocycles. The maximum absolute atomic E-state index is 11.8. The van der Waals surface area contributed by atoms with E-state index in [-0.39, 0.29) is 28.4 Å². The Kier molecular flexibility index (Phi) is 3.94. The van der Waals surface area contributed by atoms with E-state index in [0.29, 0.717) is 0 Å². The highest BCUT2D eigenvalue weighted by molar-refractivity contribution is 6.10. The summed E-state index contributed by atoms with van der Waals surface area (Å²) in [5, 5.41) is 23.0. The number of phenols is 2. The number of imide groups is 1. The van der Waals surface area contributed by atoms with Gasteiger partial charge in [-0.1, -0.05) is 12.1 Å². The number of para-hydroxylation sites is 1. The molecule has 0 aliphatic rings. The molecule has 0 aliphatic carbocycles. The third-order valence-corrected chi connectivity index (χ3v) is 2.59. The molecule has 0 spiro atoms. The van der Waals surface area contributed by atoms with Crippen LogP contribution in [0.2, 0.25) is 0 Å². The predicted octanol–water partition coefficient (Wildman–Crippen LogP) is 1.64. The van der Waals surface area contributed by atoms with Crippen LogP contribution in [0.5, 0.6) is 11.5 Å². The van der Waals surface area contributed by atoms with Gasteiger partial charge in [0.2, 0.25) is 0 Å². The number of rotatable bonds is 2. The molecule has 21 heavy (non-hydrogen) atoms. The third-order valence-electron chi connectivity index (χ3n) is 2.59. The number of hydrogen-bond acceptors (Lipinski definition) is 5. The normalized spacial score (nSPS) is 9.90. The predicted molar refractivity (Wildman–Crippen MR) is 77.1 cm³/mol. The minimum atomic E-state index is -0.812. The smallest absolute Gasteiger partial charge is 0.326 e. The highest BCUT2D eigenvalue weighted by atomic mass is 16.3. The first-order chi connectivity index (χ1) is 9.95. The number of nitrogens with one attached hydrogen (secondary N) is 2. The number of nitrogen functional groups attached to an aromatic ring is 1. The highest BCUT2D eigenvalue weighted by Crippen LogP contribution is 2.23. The summed E-state index contributed by atoms with van der Waals surface area (Å²) in [5.41, 5.74) is 6.19. The Bertz CT molecular complexity index is 680. The van der Waals surface area contributed by atoms with Gasteiger partial charge >= 0.3 is 6.03 Å². The SMILES string of the molecule is Nc1ccccc1C(=O)NC(=O)Nc1cc(O)cc(O)c1. The highest BCUT2D eigenvalue weighted by Gasteiger charge is 2.13. The summed E-state index contributed by atoms with van der Waals surface area (Å²) in [5.74, 6) is -1.09. The fourth-order valence-electron chi connectivity index (χ4n) is 1.70. The third kappa shape index (κ3) is 3.63. The second kappa shape index (κ2) is 5.83. The summed E-state index contributed by atoms with van der Waals surface area (Å²) in [4.78, 5) is 23.5. The lowest BCUT2D eigenvalue weighted by atomic mass is 10.2. The van der Waals surface area contributed by atoms with E-state index in [1.54, 1.807) is 18.2 Å². The maximum Gasteiger partial charge on any atom is 0.326 e. The van der Waals surface area contributed by atoms with E-state index in [1.165, 1.54) is 18.2 Å². The van der Waals surface area contributed by atoms with Crippen LogP contribution in [0.15, 0.2) is 42.5 Å². The number of urea groups is 1. The molecule has 0 atom stereocenters. The van der Waals surface area contributed by atoms with E-state index >= 15 is 0 Å². The van der Waals surface area contributed by atoms with E-state index in [9.17, 15) is 19.8 Å². The molecule has 2 aromatic carbocycles. The molecule has 3 amide bonds. The zero-order chi connectivity index (χ0) is 15.4. The first-order valence-corrected chi connectivity index (χ1v) is 5.95. The molecule has 0 heterocycles. The maximum atomic E-state index is 11.8. The van der Waals surface area contributed by atoms with Crippen molar-refractivity contribution in [1.82, 2.24) is 5.32 Å². The van der Waals surface area contributed by atoms with Crippen LogP contribution in [0.25, 0.3) is 0 Å². The van der Waals surface area contributed by atoms with Crippen molar-refractivity contribution >= 4 is 23.3 Å². The Morgan fingerprint density at radius 1 is 1.00 bits per heavy atom. The number of phenolic OH excluding ortho intramolecular Hbond substituents is 2. The van der Waals surface area contributed by atoms with Gasteiger partial charge < -0.3 is 21.3 Å². The Balaban J connectivity index is 2.05. The van der Waals surface area contributed by atoms with Crippen LogP contribution in [0.4, 0.5) is 16.2 Å². The molecule has 0 saturated carbocycles. The molecule has 2 aromatic rings. The van der Waals surface area contributed by atoms with Crippen LogP contribution in [0, 0.1) is 0 Å². The number of aromatic hydroxyl groups is 2. The summed E-state index contributed by atoms with van der Waals surface area (Å²) in [6.45, 7) is 0. The molecule has 0 fully saturated rings. The van der Waals surface area contributed by atoms with Crippen LogP contribution < -0.4 is 16.4 Å². The van der Waals surface area contributed by atoms with Crippen LogP contribution in [0.1, 0.15) is 10.4 Å². The average molecular weight is 287 g/mol. The number of carbonyl (C=O) groups excluding carboxylic acids is 2. The van der Waals surface area contributed by atoms with Gasteiger partial charge in [0.15, 0.2) is 0 Å². The largest absolute Gasteiger partial charge is 0.508 e. The topological polar surface area (TPSA) is 125 Å². The lowest BCUT2D eigenvalue weighted by molar-refractivity contribution is 0.0968. The molecular weight excluding hydrogens is 274 g/mol. The fraction of sp³-hybridized carbons (Fsp3) is 0. The van der Waals surface area contributed by atoms with Crippen molar-refractivity contribution in [3.05, 3.63) is 48.0 Å². The summed E-state index contributed by atoms with van der Waals surface area (Å²) in [6.07, 6.45) is 0. The first kappa shape index (κ1) is 14.2. The number of anilines is 2. The summed E-state index contributed by atoms with van der Waals surface area (Å²) < 4.78 is 0. The summed E-state index contributed by atoms with van der Waals surface area (Å²) in [7, 11) is 0. The average Bonchev–Trinajstić information content (AvgIpc) is 2.37. The quantitative estimate of drug-likeness (QED) is 0.537. The van der Waals surface area contributed by atoms with Crippen molar-refractivity contribution in [2.45, 2.75) is 0 Å². The Hall–Kier alpha value is -3.22. The lowest BCUT2D eigenvalue weighted by Gasteiger charge is -2.08. The molecule has 6 N–H and O–H groups in total. The van der Waals surface area contributed by atoms with E-state index in [4.69, 9.17) is 5.73 Å². The van der Waals surface area contributed by atoms with Gasteiger partial charge in [0.1, 0.15) is 11.5 Å². The fourth-order valence-corrected chi connectivity index (χ4v) is 1.70. The Morgan fingerprint density at radius 3 is 2.24 bits per heavy atom. The second-order valence-corrected chi connectivity index (χ2v) is 4.23. The van der Waals surface area contributed by atoms with Crippen molar-refractivity contribution in [3.63, 3.8) is 0 Å². The van der Waals surface area contributed by atoms with Gasteiger partial charge in [-0.3, -0.25) is 10.1 Å². The van der Waals surface area contributed by atoms with Crippen molar-refractivity contribution in [3.8, 4) is 11.5 Å². The van der Waals surface area contributed by atoms with Crippen LogP contribution >= 0.6 is 0 Å². The zero-order valence-corrected chi connectivity index (χ0v) is 10.8. The molecule has 0 aromatic heterocycles. The van der Waals surface area contributed by atoms with Crippen LogP contribution in [-0.2, 0) is 0 Å². The van der Waals surface area contributed by atoms with Gasteiger partial charge in [-0.15, -0.1) is 0 Å². The summed E-state index contributed by atoms with van der Waals surface area (Å²) in [6, 6.07) is 9.06. The van der Waals surface area contributed by atoms with E-state index in [2.05, 4.69) is 10.6 Å². The molecular formula is C14H13N3O4. The number of benzene rings is 2. The zero-order valence-electron chi connectivity index (χ0n) is 10.8. The summed E-state index contributed by atoms with van der Waals surface area (Å²) >= 11 is 0. The number of nitrogens with two attached hydrogens (primary N) is 1. The van der Waals surface area contributed by atoms with Crippen molar-refractivity contribution in [2.75, 3.05) is 11.1 Å². The molecule has 0 bridgehead atoms. The first-order valence-electron chi connectivity index (χ1n) is 5.95. The van der Waals surface area contributed by atoms with Gasteiger partial charge in [0.05, 0.1) is 5.56 Å². The van der Waals surface area contributed by atoms with Crippen molar-refractivity contribution in [1.29, 1.82) is 0 Å². The molecule has 0 unspecified atom stereocenters. The van der Waals surface area contributed by atoms with Gasteiger partial charge in [-0.25, -0.2) is 4.79 Å². The number of amides is 3. The minimum Gasteiger partial charge on any atom is -0.508 e.